The topological polar surface area (TPSA) is 55.6 Å². The maximum Gasteiger partial charge on any atom is 0.152 e. The Labute approximate surface area is 72.2 Å². The molecule has 0 saturated heterocycles. The van der Waals surface area contributed by atoms with Crippen LogP contribution in [0.4, 0.5) is 0 Å². The van der Waals surface area contributed by atoms with Crippen molar-refractivity contribution in [3.8, 4) is 0 Å². The second-order valence-corrected chi connectivity index (χ2v) is 2.82. The molecule has 68 valence electrons. The van der Waals surface area contributed by atoms with E-state index in [1.54, 1.807) is 4.68 Å². The van der Waals surface area contributed by atoms with Gasteiger partial charge in [0.1, 0.15) is 0 Å². The molecule has 5 nitrogen and oxygen atoms in total. The summed E-state index contributed by atoms with van der Waals surface area (Å²) >= 11 is 0. The van der Waals surface area contributed by atoms with Crippen LogP contribution in [0.3, 0.4) is 0 Å². The summed E-state index contributed by atoms with van der Waals surface area (Å²) in [7, 11) is 3.82. The largest absolute Gasteiger partial charge is 0.317 e. The molecule has 0 amide bonds. The fraction of sp³-hybridized carbons (Fsp3) is 0.857. The molecule has 0 aliphatic carbocycles. The number of rotatable bonds is 4. The normalized spacial score (nSPS) is 13.2. The number of likely N-dealkylation sites (N-methyl/N-ethyl adjacent to an activating group) is 1. The predicted octanol–water partition coefficient (Wildman–Crippen LogP) is -0.249. The fourth-order valence-electron chi connectivity index (χ4n) is 1.09. The summed E-state index contributed by atoms with van der Waals surface area (Å²) < 4.78 is 1.71. The lowest BCUT2D eigenvalue weighted by Gasteiger charge is -2.11. The first-order valence-corrected chi connectivity index (χ1v) is 4.16. The summed E-state index contributed by atoms with van der Waals surface area (Å²) in [6.45, 7) is 2.14. The smallest absolute Gasteiger partial charge is 0.152 e. The highest BCUT2D eigenvalue weighted by Gasteiger charge is 2.08. The van der Waals surface area contributed by atoms with E-state index in [1.807, 2.05) is 14.1 Å². The highest BCUT2D eigenvalue weighted by Crippen LogP contribution is 1.99. The van der Waals surface area contributed by atoms with Crippen molar-refractivity contribution in [1.29, 1.82) is 0 Å². The summed E-state index contributed by atoms with van der Waals surface area (Å²) in [5, 5.41) is 14.5. The molecule has 1 aromatic heterocycles. The van der Waals surface area contributed by atoms with Gasteiger partial charge in [-0.1, -0.05) is 6.92 Å². The van der Waals surface area contributed by atoms with Gasteiger partial charge in [-0.05, 0) is 23.9 Å². The first-order valence-electron chi connectivity index (χ1n) is 4.16. The molecular weight excluding hydrogens is 154 g/mol. The van der Waals surface area contributed by atoms with Crippen LogP contribution in [0.5, 0.6) is 0 Å². The predicted molar refractivity (Wildman–Crippen MR) is 45.6 cm³/mol. The van der Waals surface area contributed by atoms with Crippen LogP contribution in [-0.2, 0) is 13.5 Å². The van der Waals surface area contributed by atoms with Gasteiger partial charge in [0.25, 0.3) is 0 Å². The number of aromatic nitrogens is 4. The standard InChI is InChI=1S/C7H15N5/c1-4-6(8-2)5-7-9-10-11-12(7)3/h6,8H,4-5H2,1-3H3. The number of aryl methyl sites for hydroxylation is 1. The maximum atomic E-state index is 3.91. The minimum atomic E-state index is 0.467. The molecule has 0 aromatic carbocycles. The van der Waals surface area contributed by atoms with E-state index in [9.17, 15) is 0 Å². The molecule has 0 bridgehead atoms. The molecule has 0 saturated carbocycles. The van der Waals surface area contributed by atoms with Crippen molar-refractivity contribution in [2.24, 2.45) is 7.05 Å². The zero-order chi connectivity index (χ0) is 8.97. The Balaban J connectivity index is 2.56. The van der Waals surface area contributed by atoms with E-state index in [0.29, 0.717) is 6.04 Å². The van der Waals surface area contributed by atoms with Crippen molar-refractivity contribution >= 4 is 0 Å². The van der Waals surface area contributed by atoms with Crippen LogP contribution in [0.25, 0.3) is 0 Å². The number of nitrogens with zero attached hydrogens (tertiary/aromatic N) is 4. The van der Waals surface area contributed by atoms with Crippen LogP contribution in [-0.4, -0.2) is 33.3 Å². The van der Waals surface area contributed by atoms with Gasteiger partial charge in [-0.3, -0.25) is 0 Å². The van der Waals surface area contributed by atoms with E-state index in [-0.39, 0.29) is 0 Å². The van der Waals surface area contributed by atoms with Crippen LogP contribution in [0.15, 0.2) is 0 Å². The maximum absolute atomic E-state index is 3.91. The van der Waals surface area contributed by atoms with Gasteiger partial charge < -0.3 is 5.32 Å². The lowest BCUT2D eigenvalue weighted by atomic mass is 10.1. The Morgan fingerprint density at radius 2 is 2.33 bits per heavy atom. The minimum absolute atomic E-state index is 0.467. The number of tetrazole rings is 1. The second-order valence-electron chi connectivity index (χ2n) is 2.82. The highest BCUT2D eigenvalue weighted by atomic mass is 15.5. The highest BCUT2D eigenvalue weighted by molar-refractivity contribution is 4.85. The summed E-state index contributed by atoms with van der Waals surface area (Å²) in [6, 6.07) is 0.467. The average molecular weight is 169 g/mol. The number of hydrogen-bond acceptors (Lipinski definition) is 4. The monoisotopic (exact) mass is 169 g/mol. The van der Waals surface area contributed by atoms with Crippen molar-refractivity contribution in [3.63, 3.8) is 0 Å². The second kappa shape index (κ2) is 4.15. The van der Waals surface area contributed by atoms with Crippen molar-refractivity contribution < 1.29 is 0 Å². The molecule has 1 unspecified atom stereocenters. The molecule has 0 aliphatic heterocycles. The van der Waals surface area contributed by atoms with E-state index >= 15 is 0 Å². The van der Waals surface area contributed by atoms with Crippen molar-refractivity contribution in [3.05, 3.63) is 5.82 Å². The van der Waals surface area contributed by atoms with E-state index in [2.05, 4.69) is 27.8 Å². The molecule has 1 heterocycles. The van der Waals surface area contributed by atoms with E-state index in [4.69, 9.17) is 0 Å². The Hall–Kier alpha value is -0.970. The van der Waals surface area contributed by atoms with Crippen molar-refractivity contribution in [1.82, 2.24) is 25.5 Å². The molecule has 1 rings (SSSR count). The van der Waals surface area contributed by atoms with Gasteiger partial charge in [-0.15, -0.1) is 5.10 Å². The van der Waals surface area contributed by atoms with Gasteiger partial charge in [0.05, 0.1) is 0 Å². The third-order valence-corrected chi connectivity index (χ3v) is 2.04. The quantitative estimate of drug-likeness (QED) is 0.675. The summed E-state index contributed by atoms with van der Waals surface area (Å²) in [6.07, 6.45) is 1.97. The Morgan fingerprint density at radius 1 is 1.58 bits per heavy atom. The Kier molecular flexibility index (Phi) is 3.16. The lowest BCUT2D eigenvalue weighted by molar-refractivity contribution is 0.516. The molecule has 0 fully saturated rings. The molecule has 0 radical (unpaired) electrons. The lowest BCUT2D eigenvalue weighted by Crippen LogP contribution is -2.27. The molecule has 5 heteroatoms. The third kappa shape index (κ3) is 2.01. The zero-order valence-corrected chi connectivity index (χ0v) is 7.78. The molecule has 0 aliphatic rings. The molecule has 1 aromatic rings. The first-order chi connectivity index (χ1) is 5.77. The Morgan fingerprint density at radius 3 is 2.75 bits per heavy atom. The van der Waals surface area contributed by atoms with Gasteiger partial charge in [-0.2, -0.15) is 0 Å². The minimum Gasteiger partial charge on any atom is -0.317 e. The van der Waals surface area contributed by atoms with Crippen LogP contribution in [0, 0.1) is 0 Å². The SMILES string of the molecule is CCC(Cc1nnnn1C)NC. The van der Waals surface area contributed by atoms with Gasteiger partial charge in [0.2, 0.25) is 0 Å². The van der Waals surface area contributed by atoms with Crippen molar-refractivity contribution in [2.45, 2.75) is 25.8 Å². The molecular formula is C7H15N5. The first kappa shape index (κ1) is 9.12. The molecule has 1 N–H and O–H groups in total. The average Bonchev–Trinajstić information content (AvgIpc) is 2.47. The number of hydrogen-bond donors (Lipinski definition) is 1. The van der Waals surface area contributed by atoms with Crippen LogP contribution < -0.4 is 5.32 Å². The number of nitrogens with one attached hydrogen (secondary N) is 1. The summed E-state index contributed by atoms with van der Waals surface area (Å²) in [4.78, 5) is 0. The van der Waals surface area contributed by atoms with Gasteiger partial charge in [-0.25, -0.2) is 4.68 Å². The van der Waals surface area contributed by atoms with E-state index < -0.39 is 0 Å². The fourth-order valence-corrected chi connectivity index (χ4v) is 1.09. The van der Waals surface area contributed by atoms with E-state index in [0.717, 1.165) is 18.7 Å². The molecule has 0 spiro atoms. The van der Waals surface area contributed by atoms with Crippen LogP contribution in [0.1, 0.15) is 19.2 Å². The van der Waals surface area contributed by atoms with Gasteiger partial charge in [0.15, 0.2) is 5.82 Å². The summed E-state index contributed by atoms with van der Waals surface area (Å²) in [5.41, 5.74) is 0. The van der Waals surface area contributed by atoms with E-state index in [1.165, 1.54) is 0 Å². The zero-order valence-electron chi connectivity index (χ0n) is 7.78. The van der Waals surface area contributed by atoms with Gasteiger partial charge >= 0.3 is 0 Å². The van der Waals surface area contributed by atoms with Crippen LogP contribution in [0.2, 0.25) is 0 Å². The molecule has 12 heavy (non-hydrogen) atoms. The third-order valence-electron chi connectivity index (χ3n) is 2.04. The Bertz CT molecular complexity index is 227. The summed E-state index contributed by atoms with van der Waals surface area (Å²) in [5.74, 6) is 0.927. The van der Waals surface area contributed by atoms with Crippen LogP contribution >= 0.6 is 0 Å². The van der Waals surface area contributed by atoms with Gasteiger partial charge in [0, 0.05) is 19.5 Å². The van der Waals surface area contributed by atoms with Crippen molar-refractivity contribution in [2.75, 3.05) is 7.05 Å². The molecule has 1 atom stereocenters.